The second-order valence-electron chi connectivity index (χ2n) is 4.60. The third kappa shape index (κ3) is 1.43. The summed E-state index contributed by atoms with van der Waals surface area (Å²) < 4.78 is 0. The molecule has 3 nitrogen and oxygen atoms in total. The first-order valence-electron chi connectivity index (χ1n) is 6.05. The van der Waals surface area contributed by atoms with E-state index in [1.165, 1.54) is 42.3 Å². The lowest BCUT2D eigenvalue weighted by molar-refractivity contribution is 0.694. The summed E-state index contributed by atoms with van der Waals surface area (Å²) in [5.74, 6) is 0.674. The van der Waals surface area contributed by atoms with E-state index in [2.05, 4.69) is 16.0 Å². The average Bonchev–Trinajstić information content (AvgIpc) is 2.95. The van der Waals surface area contributed by atoms with Gasteiger partial charge in [-0.05, 0) is 36.5 Å². The van der Waals surface area contributed by atoms with E-state index in [1.807, 2.05) is 12.3 Å². The van der Waals surface area contributed by atoms with Crippen LogP contribution in [0.1, 0.15) is 42.9 Å². The Hall–Kier alpha value is -1.35. The highest BCUT2D eigenvalue weighted by atomic mass is 14.9. The van der Waals surface area contributed by atoms with Gasteiger partial charge in [-0.25, -0.2) is 4.98 Å². The Balaban J connectivity index is 2.15. The molecule has 0 aromatic carbocycles. The molecule has 3 heteroatoms. The number of hydrogen-bond donors (Lipinski definition) is 2. The molecule has 0 radical (unpaired) electrons. The molecule has 2 heterocycles. The Labute approximate surface area is 95.1 Å². The van der Waals surface area contributed by atoms with Crippen LogP contribution in [0.3, 0.4) is 0 Å². The maximum atomic E-state index is 5.88. The molecular formula is C13H17N3. The van der Waals surface area contributed by atoms with Gasteiger partial charge in [0.15, 0.2) is 0 Å². The number of nitrogens with one attached hydrogen (secondary N) is 1. The molecule has 2 aromatic heterocycles. The number of rotatable bonds is 2. The molecule has 1 aliphatic carbocycles. The van der Waals surface area contributed by atoms with Crippen LogP contribution in [0.2, 0.25) is 0 Å². The second kappa shape index (κ2) is 3.91. The van der Waals surface area contributed by atoms with Crippen LogP contribution < -0.4 is 5.73 Å². The van der Waals surface area contributed by atoms with Crippen LogP contribution in [-0.4, -0.2) is 9.97 Å². The molecule has 1 fully saturated rings. The van der Waals surface area contributed by atoms with E-state index < -0.39 is 0 Å². The van der Waals surface area contributed by atoms with Gasteiger partial charge in [-0.1, -0.05) is 12.8 Å². The van der Waals surface area contributed by atoms with Gasteiger partial charge in [0, 0.05) is 23.8 Å². The lowest BCUT2D eigenvalue weighted by atomic mass is 9.99. The highest BCUT2D eigenvalue weighted by Gasteiger charge is 2.22. The van der Waals surface area contributed by atoms with Crippen LogP contribution >= 0.6 is 0 Å². The molecule has 3 N–H and O–H groups in total. The zero-order chi connectivity index (χ0) is 11.0. The lowest BCUT2D eigenvalue weighted by Gasteiger charge is -2.09. The quantitative estimate of drug-likeness (QED) is 0.809. The molecule has 1 aliphatic rings. The molecule has 0 bridgehead atoms. The fraction of sp³-hybridized carbons (Fsp3) is 0.462. The summed E-state index contributed by atoms with van der Waals surface area (Å²) in [5, 5.41) is 1.20. The topological polar surface area (TPSA) is 54.7 Å². The maximum absolute atomic E-state index is 5.88. The van der Waals surface area contributed by atoms with Gasteiger partial charge in [0.25, 0.3) is 0 Å². The second-order valence-corrected chi connectivity index (χ2v) is 4.60. The van der Waals surface area contributed by atoms with Crippen molar-refractivity contribution >= 4 is 11.0 Å². The molecule has 1 saturated carbocycles. The van der Waals surface area contributed by atoms with Gasteiger partial charge in [0.1, 0.15) is 5.65 Å². The highest BCUT2D eigenvalue weighted by Crippen LogP contribution is 2.37. The molecule has 0 aliphatic heterocycles. The van der Waals surface area contributed by atoms with Crippen LogP contribution in [0.15, 0.2) is 18.3 Å². The summed E-state index contributed by atoms with van der Waals surface area (Å²) in [7, 11) is 0. The number of nitrogens with two attached hydrogens (primary N) is 1. The summed E-state index contributed by atoms with van der Waals surface area (Å²) in [4.78, 5) is 7.84. The van der Waals surface area contributed by atoms with Gasteiger partial charge < -0.3 is 10.7 Å². The Kier molecular flexibility index (Phi) is 2.40. The number of pyridine rings is 1. The molecular weight excluding hydrogens is 198 g/mol. The number of aromatic amines is 1. The van der Waals surface area contributed by atoms with Crippen molar-refractivity contribution in [1.29, 1.82) is 0 Å². The Morgan fingerprint density at radius 3 is 2.94 bits per heavy atom. The van der Waals surface area contributed by atoms with Gasteiger partial charge in [-0.15, -0.1) is 0 Å². The molecule has 16 heavy (non-hydrogen) atoms. The fourth-order valence-corrected chi connectivity index (χ4v) is 2.88. The van der Waals surface area contributed by atoms with E-state index >= 15 is 0 Å². The third-order valence-electron chi connectivity index (χ3n) is 3.68. The van der Waals surface area contributed by atoms with Crippen molar-refractivity contribution in [2.45, 2.75) is 38.1 Å². The van der Waals surface area contributed by atoms with Crippen molar-refractivity contribution < 1.29 is 0 Å². The zero-order valence-corrected chi connectivity index (χ0v) is 9.37. The molecule has 84 valence electrons. The molecule has 2 aromatic rings. The fourth-order valence-electron chi connectivity index (χ4n) is 2.88. The number of fused-ring (bicyclic) bond motifs is 1. The first kappa shape index (κ1) is 9.85. The normalized spacial score (nSPS) is 17.3. The largest absolute Gasteiger partial charge is 0.343 e. The minimum Gasteiger partial charge on any atom is -0.343 e. The molecule has 0 spiro atoms. The van der Waals surface area contributed by atoms with Crippen LogP contribution in [0, 0.1) is 0 Å². The van der Waals surface area contributed by atoms with Crippen LogP contribution in [0.4, 0.5) is 0 Å². The van der Waals surface area contributed by atoms with Gasteiger partial charge >= 0.3 is 0 Å². The first-order chi connectivity index (χ1) is 7.90. The summed E-state index contributed by atoms with van der Waals surface area (Å²) >= 11 is 0. The minimum absolute atomic E-state index is 0.609. The molecule has 0 unspecified atom stereocenters. The van der Waals surface area contributed by atoms with E-state index in [1.54, 1.807) is 0 Å². The Bertz CT molecular complexity index is 495. The number of H-pyrrole nitrogens is 1. The number of aromatic nitrogens is 2. The van der Waals surface area contributed by atoms with E-state index in [0.29, 0.717) is 12.5 Å². The maximum Gasteiger partial charge on any atom is 0.137 e. The van der Waals surface area contributed by atoms with Crippen LogP contribution in [0.25, 0.3) is 11.0 Å². The van der Waals surface area contributed by atoms with Gasteiger partial charge in [-0.2, -0.15) is 0 Å². The minimum atomic E-state index is 0.609. The van der Waals surface area contributed by atoms with E-state index in [0.717, 1.165) is 5.65 Å². The van der Waals surface area contributed by atoms with E-state index in [4.69, 9.17) is 5.73 Å². The van der Waals surface area contributed by atoms with Crippen LogP contribution in [-0.2, 0) is 6.54 Å². The van der Waals surface area contributed by atoms with Crippen molar-refractivity contribution in [2.24, 2.45) is 5.73 Å². The van der Waals surface area contributed by atoms with Crippen molar-refractivity contribution in [3.05, 3.63) is 29.6 Å². The Morgan fingerprint density at radius 2 is 2.19 bits per heavy atom. The Morgan fingerprint density at radius 1 is 1.38 bits per heavy atom. The predicted molar refractivity (Wildman–Crippen MR) is 65.2 cm³/mol. The van der Waals surface area contributed by atoms with Crippen molar-refractivity contribution in [1.82, 2.24) is 9.97 Å². The van der Waals surface area contributed by atoms with Gasteiger partial charge in [-0.3, -0.25) is 0 Å². The van der Waals surface area contributed by atoms with E-state index in [9.17, 15) is 0 Å². The molecule has 0 saturated heterocycles. The SMILES string of the molecule is NCc1c(C2CCCC2)[nH]c2ncccc12. The highest BCUT2D eigenvalue weighted by molar-refractivity contribution is 5.81. The smallest absolute Gasteiger partial charge is 0.137 e. The first-order valence-corrected chi connectivity index (χ1v) is 6.05. The summed E-state index contributed by atoms with van der Waals surface area (Å²) in [6.45, 7) is 0.609. The third-order valence-corrected chi connectivity index (χ3v) is 3.68. The van der Waals surface area contributed by atoms with Gasteiger partial charge in [0.05, 0.1) is 0 Å². The van der Waals surface area contributed by atoms with Crippen molar-refractivity contribution in [2.75, 3.05) is 0 Å². The predicted octanol–water partition coefficient (Wildman–Crippen LogP) is 2.68. The average molecular weight is 215 g/mol. The summed E-state index contributed by atoms with van der Waals surface area (Å²) in [6, 6.07) is 4.09. The number of nitrogens with zero attached hydrogens (tertiary/aromatic N) is 1. The summed E-state index contributed by atoms with van der Waals surface area (Å²) in [5.41, 5.74) is 9.49. The summed E-state index contributed by atoms with van der Waals surface area (Å²) in [6.07, 6.45) is 7.10. The van der Waals surface area contributed by atoms with Gasteiger partial charge in [0.2, 0.25) is 0 Å². The lowest BCUT2D eigenvalue weighted by Crippen LogP contribution is -2.02. The van der Waals surface area contributed by atoms with Crippen LogP contribution in [0.5, 0.6) is 0 Å². The zero-order valence-electron chi connectivity index (χ0n) is 9.37. The number of hydrogen-bond acceptors (Lipinski definition) is 2. The van der Waals surface area contributed by atoms with Crippen molar-refractivity contribution in [3.63, 3.8) is 0 Å². The molecule has 0 atom stereocenters. The molecule has 0 amide bonds. The van der Waals surface area contributed by atoms with Crippen molar-refractivity contribution in [3.8, 4) is 0 Å². The standard InChI is InChI=1S/C13H17N3/c14-8-11-10-6-3-7-15-13(10)16-12(11)9-4-1-2-5-9/h3,6-7,9H,1-2,4-5,8,14H2,(H,15,16). The monoisotopic (exact) mass is 215 g/mol. The molecule has 3 rings (SSSR count). The van der Waals surface area contributed by atoms with E-state index in [-0.39, 0.29) is 0 Å².